The van der Waals surface area contributed by atoms with Crippen LogP contribution in [0.4, 0.5) is 0 Å². The van der Waals surface area contributed by atoms with Gasteiger partial charge in [-0.05, 0) is 72.1 Å². The van der Waals surface area contributed by atoms with Crippen molar-refractivity contribution < 1.29 is 18.9 Å². The molecular weight excluding hydrogens is 488 g/mol. The number of ether oxygens (including phenoxy) is 4. The van der Waals surface area contributed by atoms with E-state index < -0.39 is 0 Å². The Balaban J connectivity index is 1.27. The summed E-state index contributed by atoms with van der Waals surface area (Å²) in [5.74, 6) is 3.78. The molecule has 1 unspecified atom stereocenters. The van der Waals surface area contributed by atoms with Crippen molar-refractivity contribution in [3.05, 3.63) is 62.8 Å². The zero-order chi connectivity index (χ0) is 25.7. The minimum atomic E-state index is -0.0752. The molecule has 2 aliphatic rings. The van der Waals surface area contributed by atoms with Gasteiger partial charge in [-0.25, -0.2) is 4.98 Å². The van der Waals surface area contributed by atoms with E-state index >= 15 is 0 Å². The molecule has 1 aliphatic heterocycles. The highest BCUT2D eigenvalue weighted by atomic mass is 32.1. The minimum Gasteiger partial charge on any atom is -0.493 e. The topological polar surface area (TPSA) is 82.7 Å². The average Bonchev–Trinajstić information content (AvgIpc) is 3.50. The molecule has 0 fully saturated rings. The summed E-state index contributed by atoms with van der Waals surface area (Å²) in [5, 5.41) is 0.756. The summed E-state index contributed by atoms with van der Waals surface area (Å²) in [6.45, 7) is 7.49. The molecule has 1 N–H and O–H groups in total. The Morgan fingerprint density at radius 1 is 1.11 bits per heavy atom. The number of nitrogens with one attached hydrogen (secondary N) is 1. The minimum absolute atomic E-state index is 0.0752. The fourth-order valence-corrected chi connectivity index (χ4v) is 6.49. The lowest BCUT2D eigenvalue weighted by atomic mass is 9.72. The number of hydrogen-bond acceptors (Lipinski definition) is 7. The molecule has 6 rings (SSSR count). The fraction of sp³-hybridized carbons (Fsp3) is 0.379. The van der Waals surface area contributed by atoms with Crippen LogP contribution in [0.2, 0.25) is 0 Å². The van der Waals surface area contributed by atoms with E-state index in [0.29, 0.717) is 29.8 Å². The molecule has 0 radical (unpaired) electrons. The summed E-state index contributed by atoms with van der Waals surface area (Å²) < 4.78 is 22.5. The molecule has 1 aliphatic carbocycles. The zero-order valence-corrected chi connectivity index (χ0v) is 22.3. The van der Waals surface area contributed by atoms with E-state index in [-0.39, 0.29) is 17.8 Å². The lowest BCUT2D eigenvalue weighted by molar-refractivity contribution is 0.174. The third-order valence-electron chi connectivity index (χ3n) is 7.41. The second-order valence-corrected chi connectivity index (χ2v) is 11.8. The van der Waals surface area contributed by atoms with E-state index in [4.69, 9.17) is 23.9 Å². The molecular formula is C29H30N2O5S. The molecule has 3 heterocycles. The standard InChI is InChI=1S/C29H30N2O5S/c1-29(2,3)18-7-8-19-24(13-18)37-28-25(19)27(32)30-26(31-28)17-6-10-20(22(12-17)33-4)34-14-16-5-9-21-23(11-16)36-15-35-21/h5-6,9-12,18H,7-8,13-15H2,1-4H3,(H,30,31,32). The summed E-state index contributed by atoms with van der Waals surface area (Å²) in [7, 11) is 1.60. The molecule has 0 spiro atoms. The SMILES string of the molecule is COc1cc(-c2nc3sc4c(c3c(=O)[nH]2)CCC(C(C)(C)C)C4)ccc1OCc1ccc2c(c1)OCO2. The average molecular weight is 519 g/mol. The summed E-state index contributed by atoms with van der Waals surface area (Å²) in [4.78, 5) is 23.2. The van der Waals surface area contributed by atoms with Gasteiger partial charge in [0, 0.05) is 10.4 Å². The highest BCUT2D eigenvalue weighted by Crippen LogP contribution is 2.42. The van der Waals surface area contributed by atoms with Crippen LogP contribution < -0.4 is 24.5 Å². The van der Waals surface area contributed by atoms with Gasteiger partial charge in [-0.15, -0.1) is 11.3 Å². The number of fused-ring (bicyclic) bond motifs is 4. The Morgan fingerprint density at radius 3 is 2.76 bits per heavy atom. The lowest BCUT2D eigenvalue weighted by Crippen LogP contribution is -2.26. The van der Waals surface area contributed by atoms with Crippen LogP contribution in [0.5, 0.6) is 23.0 Å². The lowest BCUT2D eigenvalue weighted by Gasteiger charge is -2.33. The second-order valence-electron chi connectivity index (χ2n) is 10.7. The highest BCUT2D eigenvalue weighted by Gasteiger charge is 2.31. The van der Waals surface area contributed by atoms with Crippen molar-refractivity contribution in [3.8, 4) is 34.4 Å². The Morgan fingerprint density at radius 2 is 1.95 bits per heavy atom. The summed E-state index contributed by atoms with van der Waals surface area (Å²) in [6.07, 6.45) is 3.05. The number of aromatic nitrogens is 2. The first-order valence-electron chi connectivity index (χ1n) is 12.5. The van der Waals surface area contributed by atoms with Gasteiger partial charge in [0.1, 0.15) is 17.3 Å². The Kier molecular flexibility index (Phi) is 5.87. The molecule has 2 aromatic carbocycles. The summed E-state index contributed by atoms with van der Waals surface area (Å²) in [5.41, 5.74) is 3.09. The first-order valence-corrected chi connectivity index (χ1v) is 13.4. The smallest absolute Gasteiger partial charge is 0.260 e. The fourth-order valence-electron chi connectivity index (χ4n) is 5.19. The van der Waals surface area contributed by atoms with Gasteiger partial charge in [0.2, 0.25) is 6.79 Å². The molecule has 0 saturated heterocycles. The molecule has 37 heavy (non-hydrogen) atoms. The van der Waals surface area contributed by atoms with Crippen LogP contribution in [0.25, 0.3) is 21.6 Å². The summed E-state index contributed by atoms with van der Waals surface area (Å²) in [6, 6.07) is 11.3. The Labute approximate surface area is 219 Å². The number of rotatable bonds is 5. The van der Waals surface area contributed by atoms with Gasteiger partial charge in [0.15, 0.2) is 23.0 Å². The number of hydrogen-bond donors (Lipinski definition) is 1. The molecule has 0 saturated carbocycles. The molecule has 0 bridgehead atoms. The molecule has 8 heteroatoms. The van der Waals surface area contributed by atoms with Crippen LogP contribution >= 0.6 is 11.3 Å². The van der Waals surface area contributed by atoms with Crippen LogP contribution in [0, 0.1) is 11.3 Å². The molecule has 0 amide bonds. The third-order valence-corrected chi connectivity index (χ3v) is 8.56. The number of thiophene rings is 1. The Bertz CT molecular complexity index is 1550. The van der Waals surface area contributed by atoms with E-state index in [9.17, 15) is 4.79 Å². The first kappa shape index (κ1) is 23.9. The molecule has 1 atom stereocenters. The molecule has 192 valence electrons. The van der Waals surface area contributed by atoms with Gasteiger partial charge in [-0.1, -0.05) is 26.8 Å². The van der Waals surface area contributed by atoms with Gasteiger partial charge in [-0.2, -0.15) is 0 Å². The number of benzene rings is 2. The Hall–Kier alpha value is -3.52. The number of H-pyrrole nitrogens is 1. The van der Waals surface area contributed by atoms with E-state index in [1.54, 1.807) is 18.4 Å². The maximum absolute atomic E-state index is 13.2. The van der Waals surface area contributed by atoms with Crippen molar-refractivity contribution >= 4 is 21.6 Å². The van der Waals surface area contributed by atoms with E-state index in [1.807, 2.05) is 36.4 Å². The van der Waals surface area contributed by atoms with Crippen molar-refractivity contribution in [1.82, 2.24) is 9.97 Å². The predicted molar refractivity (Wildman–Crippen MR) is 144 cm³/mol. The first-order chi connectivity index (χ1) is 17.8. The van der Waals surface area contributed by atoms with Crippen LogP contribution in [0.15, 0.2) is 41.2 Å². The summed E-state index contributed by atoms with van der Waals surface area (Å²) >= 11 is 1.66. The van der Waals surface area contributed by atoms with Crippen LogP contribution in [0.1, 0.15) is 43.2 Å². The molecule has 4 aromatic rings. The van der Waals surface area contributed by atoms with Crippen LogP contribution in [-0.4, -0.2) is 23.9 Å². The zero-order valence-electron chi connectivity index (χ0n) is 21.5. The van der Waals surface area contributed by atoms with Gasteiger partial charge in [-0.3, -0.25) is 4.79 Å². The van der Waals surface area contributed by atoms with Crippen LogP contribution in [0.3, 0.4) is 0 Å². The maximum Gasteiger partial charge on any atom is 0.260 e. The van der Waals surface area contributed by atoms with Crippen molar-refractivity contribution in [3.63, 3.8) is 0 Å². The monoisotopic (exact) mass is 518 g/mol. The van der Waals surface area contributed by atoms with Crippen molar-refractivity contribution in [2.75, 3.05) is 13.9 Å². The van der Waals surface area contributed by atoms with E-state index in [0.717, 1.165) is 52.1 Å². The predicted octanol–water partition coefficient (Wildman–Crippen LogP) is 6.12. The number of aromatic amines is 1. The van der Waals surface area contributed by atoms with Gasteiger partial charge < -0.3 is 23.9 Å². The molecule has 7 nitrogen and oxygen atoms in total. The molecule has 2 aromatic heterocycles. The number of methoxy groups -OCH3 is 1. The van der Waals surface area contributed by atoms with Gasteiger partial charge >= 0.3 is 0 Å². The van der Waals surface area contributed by atoms with Crippen molar-refractivity contribution in [2.45, 2.75) is 46.6 Å². The normalized spacial score (nSPS) is 16.6. The van der Waals surface area contributed by atoms with Gasteiger partial charge in [0.05, 0.1) is 12.5 Å². The number of aryl methyl sites for hydroxylation is 1. The highest BCUT2D eigenvalue weighted by molar-refractivity contribution is 7.18. The third kappa shape index (κ3) is 4.44. The van der Waals surface area contributed by atoms with E-state index in [1.165, 1.54) is 10.4 Å². The van der Waals surface area contributed by atoms with Crippen molar-refractivity contribution in [1.29, 1.82) is 0 Å². The quantitative estimate of drug-likeness (QED) is 0.343. The maximum atomic E-state index is 13.2. The van der Waals surface area contributed by atoms with Crippen molar-refractivity contribution in [2.24, 2.45) is 11.3 Å². The van der Waals surface area contributed by atoms with Crippen LogP contribution in [-0.2, 0) is 19.4 Å². The second kappa shape index (κ2) is 9.10. The number of nitrogens with zero attached hydrogens (tertiary/aromatic N) is 1. The van der Waals surface area contributed by atoms with E-state index in [2.05, 4.69) is 25.8 Å². The largest absolute Gasteiger partial charge is 0.493 e. The van der Waals surface area contributed by atoms with Gasteiger partial charge in [0.25, 0.3) is 5.56 Å².